The summed E-state index contributed by atoms with van der Waals surface area (Å²) < 4.78 is 5.30. The van der Waals surface area contributed by atoms with Crippen LogP contribution in [-0.2, 0) is 14.3 Å². The Balaban J connectivity index is 0.00000312. The third-order valence-corrected chi connectivity index (χ3v) is 4.03. The van der Waals surface area contributed by atoms with Crippen LogP contribution in [0.5, 0.6) is 0 Å². The van der Waals surface area contributed by atoms with E-state index in [2.05, 4.69) is 5.32 Å². The molecule has 7 nitrogen and oxygen atoms in total. The SMILES string of the molecule is CN(C(=O)c1ccc(NC(=O)CCC(=O)[O-])cc1)C1CCOCC1.[Na+]. The van der Waals surface area contributed by atoms with Crippen molar-refractivity contribution >= 4 is 23.5 Å². The summed E-state index contributed by atoms with van der Waals surface area (Å²) in [5.41, 5.74) is 1.06. The van der Waals surface area contributed by atoms with Crippen molar-refractivity contribution in [3.63, 3.8) is 0 Å². The van der Waals surface area contributed by atoms with Crippen LogP contribution in [0.2, 0.25) is 0 Å². The summed E-state index contributed by atoms with van der Waals surface area (Å²) in [6, 6.07) is 6.72. The molecule has 0 bridgehead atoms. The number of hydrogen-bond donors (Lipinski definition) is 1. The van der Waals surface area contributed by atoms with Crippen LogP contribution >= 0.6 is 0 Å². The molecule has 1 fully saturated rings. The summed E-state index contributed by atoms with van der Waals surface area (Å²) >= 11 is 0. The van der Waals surface area contributed by atoms with E-state index in [1.807, 2.05) is 0 Å². The minimum Gasteiger partial charge on any atom is -0.550 e. The van der Waals surface area contributed by atoms with Crippen molar-refractivity contribution in [2.24, 2.45) is 0 Å². The number of nitrogens with one attached hydrogen (secondary N) is 1. The Labute approximate surface area is 169 Å². The van der Waals surface area contributed by atoms with Gasteiger partial charge in [0.1, 0.15) is 0 Å². The molecule has 0 atom stereocenters. The fraction of sp³-hybridized carbons (Fsp3) is 0.471. The van der Waals surface area contributed by atoms with Gasteiger partial charge in [-0.2, -0.15) is 0 Å². The number of nitrogens with zero attached hydrogens (tertiary/aromatic N) is 1. The van der Waals surface area contributed by atoms with E-state index in [0.717, 1.165) is 12.8 Å². The molecule has 0 saturated carbocycles. The van der Waals surface area contributed by atoms with Crippen molar-refractivity contribution in [2.45, 2.75) is 31.7 Å². The van der Waals surface area contributed by atoms with Gasteiger partial charge in [-0.05, 0) is 43.5 Å². The largest absolute Gasteiger partial charge is 1.00 e. The Morgan fingerprint density at radius 2 is 1.76 bits per heavy atom. The second-order valence-electron chi connectivity index (χ2n) is 5.76. The molecule has 1 aromatic carbocycles. The molecule has 130 valence electrons. The van der Waals surface area contributed by atoms with Crippen LogP contribution in [-0.4, -0.2) is 49.0 Å². The number of carboxylic acids is 1. The van der Waals surface area contributed by atoms with Crippen molar-refractivity contribution < 1.29 is 53.8 Å². The van der Waals surface area contributed by atoms with Gasteiger partial charge in [0.15, 0.2) is 0 Å². The topological polar surface area (TPSA) is 98.8 Å². The molecular weight excluding hydrogens is 335 g/mol. The third-order valence-electron chi connectivity index (χ3n) is 4.03. The number of hydrogen-bond acceptors (Lipinski definition) is 5. The van der Waals surface area contributed by atoms with Gasteiger partial charge in [-0.15, -0.1) is 0 Å². The second-order valence-corrected chi connectivity index (χ2v) is 5.76. The molecule has 0 spiro atoms. The minimum absolute atomic E-state index is 0. The number of carbonyl (C=O) groups is 3. The maximum atomic E-state index is 12.5. The summed E-state index contributed by atoms with van der Waals surface area (Å²) in [6.45, 7) is 1.33. The summed E-state index contributed by atoms with van der Waals surface area (Å²) in [7, 11) is 1.79. The van der Waals surface area contributed by atoms with E-state index in [1.54, 1.807) is 36.2 Å². The first-order chi connectivity index (χ1) is 11.5. The first kappa shape index (κ1) is 21.6. The van der Waals surface area contributed by atoms with Crippen molar-refractivity contribution in [1.29, 1.82) is 0 Å². The first-order valence-electron chi connectivity index (χ1n) is 7.92. The second kappa shape index (κ2) is 10.6. The normalized spacial score (nSPS) is 14.3. The molecule has 1 aromatic rings. The monoisotopic (exact) mass is 356 g/mol. The number of aliphatic carboxylic acids is 1. The molecule has 1 heterocycles. The van der Waals surface area contributed by atoms with Crippen molar-refractivity contribution in [3.8, 4) is 0 Å². The molecule has 0 aliphatic carbocycles. The molecular formula is C17H21N2NaO5. The summed E-state index contributed by atoms with van der Waals surface area (Å²) in [5.74, 6) is -1.74. The number of rotatable bonds is 6. The van der Waals surface area contributed by atoms with E-state index in [1.165, 1.54) is 0 Å². The molecule has 2 amide bonds. The van der Waals surface area contributed by atoms with Crippen molar-refractivity contribution in [2.75, 3.05) is 25.6 Å². The maximum Gasteiger partial charge on any atom is 1.00 e. The number of ether oxygens (including phenoxy) is 1. The Morgan fingerprint density at radius 1 is 1.16 bits per heavy atom. The number of carboxylic acid groups (broad SMARTS) is 1. The van der Waals surface area contributed by atoms with E-state index >= 15 is 0 Å². The molecule has 1 saturated heterocycles. The van der Waals surface area contributed by atoms with E-state index in [4.69, 9.17) is 4.74 Å². The van der Waals surface area contributed by atoms with Crippen LogP contribution in [0.4, 0.5) is 5.69 Å². The van der Waals surface area contributed by atoms with Gasteiger partial charge in [-0.25, -0.2) is 0 Å². The minimum atomic E-state index is -1.26. The van der Waals surface area contributed by atoms with E-state index < -0.39 is 11.9 Å². The van der Waals surface area contributed by atoms with Gasteiger partial charge in [0.2, 0.25) is 5.91 Å². The summed E-state index contributed by atoms with van der Waals surface area (Å²) in [5, 5.41) is 12.9. The Bertz CT molecular complexity index is 600. The zero-order valence-corrected chi connectivity index (χ0v) is 16.6. The van der Waals surface area contributed by atoms with Crippen LogP contribution in [0.1, 0.15) is 36.0 Å². The summed E-state index contributed by atoms with van der Waals surface area (Å²) in [4.78, 5) is 36.1. The number of anilines is 1. The Morgan fingerprint density at radius 3 is 2.32 bits per heavy atom. The standard InChI is InChI=1S/C17H22N2O5.Na/c1-19(14-8-10-24-11-9-14)17(23)12-2-4-13(5-3-12)18-15(20)6-7-16(21)22;/h2-5,14H,6-11H2,1H3,(H,18,20)(H,21,22);/q;+1/p-1. The third kappa shape index (κ3) is 6.78. The molecule has 1 aliphatic rings. The van der Waals surface area contributed by atoms with Gasteiger partial charge in [-0.1, -0.05) is 0 Å². The molecule has 0 radical (unpaired) electrons. The van der Waals surface area contributed by atoms with Crippen molar-refractivity contribution in [3.05, 3.63) is 29.8 Å². The van der Waals surface area contributed by atoms with Gasteiger partial charge in [0.25, 0.3) is 5.91 Å². The molecule has 0 aromatic heterocycles. The van der Waals surface area contributed by atoms with Gasteiger partial charge in [0, 0.05) is 49.9 Å². The van der Waals surface area contributed by atoms with Gasteiger partial charge in [-0.3, -0.25) is 9.59 Å². The Kier molecular flexibility index (Phi) is 9.13. The molecule has 0 unspecified atom stereocenters. The van der Waals surface area contributed by atoms with Crippen LogP contribution in [0.25, 0.3) is 0 Å². The predicted octanol–water partition coefficient (Wildman–Crippen LogP) is -2.59. The fourth-order valence-corrected chi connectivity index (χ4v) is 2.58. The smallest absolute Gasteiger partial charge is 0.550 e. The molecule has 1 N–H and O–H groups in total. The predicted molar refractivity (Wildman–Crippen MR) is 85.2 cm³/mol. The van der Waals surface area contributed by atoms with Crippen LogP contribution in [0.15, 0.2) is 24.3 Å². The molecule has 25 heavy (non-hydrogen) atoms. The Hall–Kier alpha value is -1.41. The molecule has 2 rings (SSSR count). The zero-order chi connectivity index (χ0) is 17.5. The first-order valence-corrected chi connectivity index (χ1v) is 7.92. The van der Waals surface area contributed by atoms with Crippen LogP contribution in [0, 0.1) is 0 Å². The number of carbonyl (C=O) groups excluding carboxylic acids is 3. The summed E-state index contributed by atoms with van der Waals surface area (Å²) in [6.07, 6.45) is 1.19. The van der Waals surface area contributed by atoms with Crippen LogP contribution < -0.4 is 40.0 Å². The molecule has 1 aliphatic heterocycles. The fourth-order valence-electron chi connectivity index (χ4n) is 2.58. The quantitative estimate of drug-likeness (QED) is 0.564. The van der Waals surface area contributed by atoms with E-state index in [9.17, 15) is 19.5 Å². The van der Waals surface area contributed by atoms with Gasteiger partial charge >= 0.3 is 29.6 Å². The number of benzene rings is 1. The average Bonchev–Trinajstić information content (AvgIpc) is 2.60. The average molecular weight is 356 g/mol. The van der Waals surface area contributed by atoms with Gasteiger partial charge < -0.3 is 24.9 Å². The van der Waals surface area contributed by atoms with E-state index in [-0.39, 0.29) is 54.3 Å². The van der Waals surface area contributed by atoms with E-state index in [0.29, 0.717) is 24.5 Å². The maximum absolute atomic E-state index is 12.5. The van der Waals surface area contributed by atoms with Gasteiger partial charge in [0.05, 0.1) is 0 Å². The van der Waals surface area contributed by atoms with Crippen LogP contribution in [0.3, 0.4) is 0 Å². The molecule has 8 heteroatoms. The number of amides is 2. The van der Waals surface area contributed by atoms with Crippen molar-refractivity contribution in [1.82, 2.24) is 4.90 Å². The zero-order valence-electron chi connectivity index (χ0n) is 14.6.